The molecule has 0 N–H and O–H groups in total. The molecular weight excluding hydrogens is 374 g/mol. The zero-order valence-electron chi connectivity index (χ0n) is 22.8. The van der Waals surface area contributed by atoms with Crippen molar-refractivity contribution < 1.29 is 4.48 Å². The van der Waals surface area contributed by atoms with E-state index in [0.717, 1.165) is 0 Å². The molecule has 0 saturated heterocycles. The predicted molar refractivity (Wildman–Crippen MR) is 144 cm³/mol. The quantitative estimate of drug-likeness (QED) is 0.0930. The van der Waals surface area contributed by atoms with Gasteiger partial charge in [-0.1, -0.05) is 118 Å². The molecule has 0 aromatic carbocycles. The summed E-state index contributed by atoms with van der Waals surface area (Å²) in [6.07, 6.45) is 31.8. The van der Waals surface area contributed by atoms with Crippen LogP contribution in [-0.4, -0.2) is 30.7 Å². The standard InChI is InChI=1S/C30H64N/c1-5-9-13-15-17-19-21-25-29-31(27-23-11-7-3,28-24-12-8-4)30-26-22-20-18-16-14-10-6-2/h5-30H2,1-4H3/q+1. The van der Waals surface area contributed by atoms with Gasteiger partial charge in [-0.05, 0) is 51.4 Å². The van der Waals surface area contributed by atoms with Crippen molar-refractivity contribution in [2.24, 2.45) is 0 Å². The van der Waals surface area contributed by atoms with E-state index < -0.39 is 0 Å². The molecule has 0 heterocycles. The summed E-state index contributed by atoms with van der Waals surface area (Å²) in [7, 11) is 0. The van der Waals surface area contributed by atoms with Gasteiger partial charge in [-0.15, -0.1) is 0 Å². The second-order valence-corrected chi connectivity index (χ2v) is 10.6. The summed E-state index contributed by atoms with van der Waals surface area (Å²) < 4.78 is 1.46. The fraction of sp³-hybridized carbons (Fsp3) is 1.00. The molecule has 0 amide bonds. The lowest BCUT2D eigenvalue weighted by atomic mass is 10.0. The Bertz CT molecular complexity index is 292. The summed E-state index contributed by atoms with van der Waals surface area (Å²) in [5.74, 6) is 0. The van der Waals surface area contributed by atoms with Gasteiger partial charge in [0.05, 0.1) is 26.2 Å². The van der Waals surface area contributed by atoms with Crippen LogP contribution in [0, 0.1) is 0 Å². The molecule has 0 spiro atoms. The van der Waals surface area contributed by atoms with Gasteiger partial charge in [0, 0.05) is 0 Å². The van der Waals surface area contributed by atoms with Gasteiger partial charge in [-0.3, -0.25) is 0 Å². The molecule has 0 aromatic heterocycles. The molecule has 0 aliphatic heterocycles. The first kappa shape index (κ1) is 31.0. The number of unbranched alkanes of at least 4 members (excludes halogenated alkanes) is 18. The summed E-state index contributed by atoms with van der Waals surface area (Å²) >= 11 is 0. The van der Waals surface area contributed by atoms with Crippen LogP contribution in [0.25, 0.3) is 0 Å². The van der Waals surface area contributed by atoms with E-state index in [1.807, 2.05) is 0 Å². The van der Waals surface area contributed by atoms with E-state index in [-0.39, 0.29) is 0 Å². The molecule has 0 fully saturated rings. The fourth-order valence-corrected chi connectivity index (χ4v) is 5.23. The SMILES string of the molecule is CCCCCCCCCC[N+](CCCCC)(CCCCC)CCCCCCCCCC. The van der Waals surface area contributed by atoms with Crippen LogP contribution in [0.1, 0.15) is 169 Å². The lowest BCUT2D eigenvalue weighted by Crippen LogP contribution is -2.50. The Balaban J connectivity index is 4.44. The average molecular weight is 439 g/mol. The summed E-state index contributed by atoms with van der Waals surface area (Å²) in [6, 6.07) is 0. The Kier molecular flexibility index (Phi) is 24.6. The van der Waals surface area contributed by atoms with E-state index >= 15 is 0 Å². The maximum absolute atomic E-state index is 2.36. The van der Waals surface area contributed by atoms with Gasteiger partial charge in [0.2, 0.25) is 0 Å². The van der Waals surface area contributed by atoms with Crippen LogP contribution in [0.3, 0.4) is 0 Å². The molecule has 0 bridgehead atoms. The number of hydrogen-bond donors (Lipinski definition) is 0. The van der Waals surface area contributed by atoms with Gasteiger partial charge in [0.1, 0.15) is 0 Å². The van der Waals surface area contributed by atoms with E-state index in [1.54, 1.807) is 0 Å². The van der Waals surface area contributed by atoms with Gasteiger partial charge < -0.3 is 4.48 Å². The molecule has 31 heavy (non-hydrogen) atoms. The minimum Gasteiger partial charge on any atom is -0.324 e. The minimum atomic E-state index is 1.37. The Hall–Kier alpha value is -0.0400. The Morgan fingerprint density at radius 2 is 0.452 bits per heavy atom. The van der Waals surface area contributed by atoms with Crippen molar-refractivity contribution in [3.63, 3.8) is 0 Å². The van der Waals surface area contributed by atoms with Crippen molar-refractivity contribution in [3.8, 4) is 0 Å². The van der Waals surface area contributed by atoms with Crippen LogP contribution < -0.4 is 0 Å². The maximum atomic E-state index is 2.36. The Morgan fingerprint density at radius 3 is 0.742 bits per heavy atom. The van der Waals surface area contributed by atoms with E-state index in [1.165, 1.54) is 172 Å². The largest absolute Gasteiger partial charge is 0.324 e. The fourth-order valence-electron chi connectivity index (χ4n) is 5.23. The molecule has 1 heteroatoms. The molecule has 0 atom stereocenters. The number of nitrogens with zero attached hydrogens (tertiary/aromatic N) is 1. The van der Waals surface area contributed by atoms with Crippen LogP contribution in [-0.2, 0) is 0 Å². The Labute approximate surface area is 199 Å². The van der Waals surface area contributed by atoms with Crippen molar-refractivity contribution in [1.82, 2.24) is 0 Å². The van der Waals surface area contributed by atoms with E-state index in [0.29, 0.717) is 0 Å². The minimum absolute atomic E-state index is 1.37. The molecular formula is C30H64N+. The summed E-state index contributed by atoms with van der Waals surface area (Å²) in [4.78, 5) is 0. The van der Waals surface area contributed by atoms with Gasteiger partial charge in [-0.25, -0.2) is 0 Å². The van der Waals surface area contributed by atoms with Gasteiger partial charge in [-0.2, -0.15) is 0 Å². The summed E-state index contributed by atoms with van der Waals surface area (Å²) in [5.41, 5.74) is 0. The van der Waals surface area contributed by atoms with Crippen molar-refractivity contribution in [1.29, 1.82) is 0 Å². The van der Waals surface area contributed by atoms with Gasteiger partial charge in [0.25, 0.3) is 0 Å². The lowest BCUT2D eigenvalue weighted by molar-refractivity contribution is -0.929. The van der Waals surface area contributed by atoms with Gasteiger partial charge in [0.15, 0.2) is 0 Å². The van der Waals surface area contributed by atoms with Crippen LogP contribution in [0.2, 0.25) is 0 Å². The van der Waals surface area contributed by atoms with Gasteiger partial charge >= 0.3 is 0 Å². The van der Waals surface area contributed by atoms with Crippen molar-refractivity contribution in [2.45, 2.75) is 169 Å². The summed E-state index contributed by atoms with van der Waals surface area (Å²) in [5, 5.41) is 0. The molecule has 0 radical (unpaired) electrons. The first-order chi connectivity index (χ1) is 15.2. The second kappa shape index (κ2) is 24.6. The Morgan fingerprint density at radius 1 is 0.258 bits per heavy atom. The third-order valence-electron chi connectivity index (χ3n) is 7.44. The van der Waals surface area contributed by atoms with Crippen molar-refractivity contribution >= 4 is 0 Å². The topological polar surface area (TPSA) is 0 Å². The maximum Gasteiger partial charge on any atom is 0.0786 e. The van der Waals surface area contributed by atoms with E-state index in [9.17, 15) is 0 Å². The van der Waals surface area contributed by atoms with Crippen LogP contribution in [0.15, 0.2) is 0 Å². The highest BCUT2D eigenvalue weighted by Gasteiger charge is 2.25. The first-order valence-electron chi connectivity index (χ1n) is 15.1. The molecule has 188 valence electrons. The average Bonchev–Trinajstić information content (AvgIpc) is 2.77. The normalized spacial score (nSPS) is 12.0. The molecule has 0 rings (SSSR count). The smallest absolute Gasteiger partial charge is 0.0786 e. The summed E-state index contributed by atoms with van der Waals surface area (Å²) in [6.45, 7) is 15.2. The van der Waals surface area contributed by atoms with E-state index in [4.69, 9.17) is 0 Å². The highest BCUT2D eigenvalue weighted by molar-refractivity contribution is 4.54. The third-order valence-corrected chi connectivity index (χ3v) is 7.44. The lowest BCUT2D eigenvalue weighted by Gasteiger charge is -2.39. The molecule has 0 unspecified atom stereocenters. The van der Waals surface area contributed by atoms with Crippen LogP contribution >= 0.6 is 0 Å². The predicted octanol–water partition coefficient (Wildman–Crippen LogP) is 10.5. The van der Waals surface area contributed by atoms with Crippen molar-refractivity contribution in [3.05, 3.63) is 0 Å². The third kappa shape index (κ3) is 20.3. The number of rotatable bonds is 26. The van der Waals surface area contributed by atoms with Crippen LogP contribution in [0.4, 0.5) is 0 Å². The molecule has 0 saturated carbocycles. The molecule has 0 aromatic rings. The number of quaternary nitrogens is 1. The monoisotopic (exact) mass is 439 g/mol. The van der Waals surface area contributed by atoms with Crippen LogP contribution in [0.5, 0.6) is 0 Å². The zero-order valence-corrected chi connectivity index (χ0v) is 22.8. The molecule has 0 aliphatic carbocycles. The number of hydrogen-bond acceptors (Lipinski definition) is 0. The highest BCUT2D eigenvalue weighted by atomic mass is 15.3. The van der Waals surface area contributed by atoms with Crippen molar-refractivity contribution in [2.75, 3.05) is 26.2 Å². The first-order valence-corrected chi connectivity index (χ1v) is 15.1. The van der Waals surface area contributed by atoms with E-state index in [2.05, 4.69) is 27.7 Å². The second-order valence-electron chi connectivity index (χ2n) is 10.6. The highest BCUT2D eigenvalue weighted by Crippen LogP contribution is 2.20. The molecule has 0 aliphatic rings. The zero-order chi connectivity index (χ0) is 22.9. The molecule has 1 nitrogen and oxygen atoms in total.